The Labute approximate surface area is 175 Å². The van der Waals surface area contributed by atoms with Crippen LogP contribution in [0.3, 0.4) is 0 Å². The van der Waals surface area contributed by atoms with E-state index in [1.54, 1.807) is 14.0 Å². The van der Waals surface area contributed by atoms with Crippen LogP contribution in [-0.2, 0) is 28.9 Å². The van der Waals surface area contributed by atoms with Crippen LogP contribution in [0.1, 0.15) is 40.5 Å². The summed E-state index contributed by atoms with van der Waals surface area (Å²) in [6, 6.07) is 15.0. The predicted octanol–water partition coefficient (Wildman–Crippen LogP) is 3.59. The second-order valence-corrected chi connectivity index (χ2v) is 7.40. The predicted molar refractivity (Wildman–Crippen MR) is 113 cm³/mol. The number of carbonyl (C=O) groups excluding carboxylic acids is 2. The molecule has 0 radical (unpaired) electrons. The lowest BCUT2D eigenvalue weighted by molar-refractivity contribution is -0.129. The zero-order chi connectivity index (χ0) is 21.1. The fourth-order valence-corrected chi connectivity index (χ4v) is 3.79. The van der Waals surface area contributed by atoms with Crippen molar-refractivity contribution in [3.63, 3.8) is 0 Å². The van der Waals surface area contributed by atoms with Crippen molar-refractivity contribution in [1.82, 2.24) is 10.3 Å². The van der Waals surface area contributed by atoms with E-state index in [1.807, 2.05) is 48.5 Å². The van der Waals surface area contributed by atoms with E-state index < -0.39 is 12.1 Å². The number of carbonyl (C=O) groups is 2. The molecule has 6 heteroatoms. The molecule has 0 aliphatic heterocycles. The van der Waals surface area contributed by atoms with Gasteiger partial charge in [0.15, 0.2) is 6.10 Å². The molecule has 1 N–H and O–H groups in total. The Balaban J connectivity index is 1.46. The molecular weight excluding hydrogens is 380 g/mol. The molecule has 0 spiro atoms. The van der Waals surface area contributed by atoms with Crippen molar-refractivity contribution in [2.75, 3.05) is 7.11 Å². The summed E-state index contributed by atoms with van der Waals surface area (Å²) < 4.78 is 10.7. The summed E-state index contributed by atoms with van der Waals surface area (Å²) in [6.07, 6.45) is 1.73. The number of aryl methyl sites for hydroxylation is 1. The van der Waals surface area contributed by atoms with Crippen molar-refractivity contribution < 1.29 is 19.1 Å². The zero-order valence-corrected chi connectivity index (χ0v) is 17.1. The molecule has 3 aromatic rings. The molecule has 0 fully saturated rings. The van der Waals surface area contributed by atoms with E-state index in [-0.39, 0.29) is 5.91 Å². The van der Waals surface area contributed by atoms with Crippen LogP contribution in [0, 0.1) is 0 Å². The monoisotopic (exact) mass is 404 g/mol. The van der Waals surface area contributed by atoms with Crippen LogP contribution in [0.4, 0.5) is 0 Å². The number of para-hydroxylation sites is 1. The summed E-state index contributed by atoms with van der Waals surface area (Å²) in [4.78, 5) is 30.2. The van der Waals surface area contributed by atoms with Crippen LogP contribution in [0.25, 0.3) is 10.9 Å². The first kappa shape index (κ1) is 19.9. The third kappa shape index (κ3) is 3.99. The first-order valence-corrected chi connectivity index (χ1v) is 10.1. The topological polar surface area (TPSA) is 77.5 Å². The molecule has 1 aliphatic rings. The minimum absolute atomic E-state index is 0.339. The molecule has 0 saturated carbocycles. The first-order valence-electron chi connectivity index (χ1n) is 10.1. The van der Waals surface area contributed by atoms with Gasteiger partial charge in [-0.1, -0.05) is 30.3 Å². The van der Waals surface area contributed by atoms with E-state index >= 15 is 0 Å². The molecule has 154 valence electrons. The average molecular weight is 404 g/mol. The SMILES string of the molecule is COc1ccc(CNC(=O)[C@@H](C)OC(=O)c2c3c(nc4ccccc24)CCC3)cc1. The maximum absolute atomic E-state index is 13.0. The van der Waals surface area contributed by atoms with Gasteiger partial charge in [-0.3, -0.25) is 9.78 Å². The van der Waals surface area contributed by atoms with E-state index in [1.165, 1.54) is 0 Å². The molecule has 0 bridgehead atoms. The Kier molecular flexibility index (Phi) is 5.65. The van der Waals surface area contributed by atoms with Gasteiger partial charge in [-0.05, 0) is 55.5 Å². The van der Waals surface area contributed by atoms with Crippen molar-refractivity contribution in [2.24, 2.45) is 0 Å². The first-order chi connectivity index (χ1) is 14.6. The number of rotatable bonds is 6. The Morgan fingerprint density at radius 1 is 1.10 bits per heavy atom. The highest BCUT2D eigenvalue weighted by Crippen LogP contribution is 2.30. The molecule has 1 atom stereocenters. The Hall–Kier alpha value is -3.41. The van der Waals surface area contributed by atoms with E-state index in [2.05, 4.69) is 5.32 Å². The highest BCUT2D eigenvalue weighted by Gasteiger charge is 2.27. The maximum atomic E-state index is 13.0. The maximum Gasteiger partial charge on any atom is 0.339 e. The summed E-state index contributed by atoms with van der Waals surface area (Å²) >= 11 is 0. The molecular formula is C24H24N2O4. The van der Waals surface area contributed by atoms with Crippen molar-refractivity contribution >= 4 is 22.8 Å². The number of benzene rings is 2. The van der Waals surface area contributed by atoms with Crippen molar-refractivity contribution in [3.05, 3.63) is 70.9 Å². The van der Waals surface area contributed by atoms with Crippen molar-refractivity contribution in [2.45, 2.75) is 38.8 Å². The van der Waals surface area contributed by atoms with Gasteiger partial charge in [-0.25, -0.2) is 4.79 Å². The van der Waals surface area contributed by atoms with E-state index in [9.17, 15) is 9.59 Å². The fraction of sp³-hybridized carbons (Fsp3) is 0.292. The molecule has 1 aromatic heterocycles. The molecule has 6 nitrogen and oxygen atoms in total. The van der Waals surface area contributed by atoms with Crippen LogP contribution >= 0.6 is 0 Å². The third-order valence-electron chi connectivity index (χ3n) is 5.40. The Bertz CT molecular complexity index is 1090. The Morgan fingerprint density at radius 2 is 1.87 bits per heavy atom. The highest BCUT2D eigenvalue weighted by molar-refractivity contribution is 6.05. The van der Waals surface area contributed by atoms with Gasteiger partial charge in [-0.15, -0.1) is 0 Å². The Morgan fingerprint density at radius 3 is 2.63 bits per heavy atom. The molecule has 1 amide bonds. The number of hydrogen-bond donors (Lipinski definition) is 1. The van der Waals surface area contributed by atoms with Crippen LogP contribution in [0.15, 0.2) is 48.5 Å². The molecule has 30 heavy (non-hydrogen) atoms. The van der Waals surface area contributed by atoms with Gasteiger partial charge >= 0.3 is 5.97 Å². The largest absolute Gasteiger partial charge is 0.497 e. The quantitative estimate of drug-likeness (QED) is 0.635. The average Bonchev–Trinajstić information content (AvgIpc) is 3.23. The van der Waals surface area contributed by atoms with Gasteiger partial charge < -0.3 is 14.8 Å². The number of aromatic nitrogens is 1. The summed E-state index contributed by atoms with van der Waals surface area (Å²) in [5.41, 5.74) is 4.16. The number of nitrogens with zero attached hydrogens (tertiary/aromatic N) is 1. The van der Waals surface area contributed by atoms with Gasteiger partial charge in [0, 0.05) is 17.6 Å². The van der Waals surface area contributed by atoms with Crippen molar-refractivity contribution in [1.29, 1.82) is 0 Å². The van der Waals surface area contributed by atoms with Gasteiger partial charge in [0.05, 0.1) is 18.2 Å². The summed E-state index contributed by atoms with van der Waals surface area (Å²) in [7, 11) is 1.61. The van der Waals surface area contributed by atoms with Gasteiger partial charge in [0.2, 0.25) is 0 Å². The smallest absolute Gasteiger partial charge is 0.339 e. The second kappa shape index (κ2) is 8.53. The lowest BCUT2D eigenvalue weighted by atomic mass is 10.0. The van der Waals surface area contributed by atoms with E-state index in [0.717, 1.165) is 52.7 Å². The number of pyridine rings is 1. The number of fused-ring (bicyclic) bond motifs is 2. The van der Waals surface area contributed by atoms with Crippen molar-refractivity contribution in [3.8, 4) is 5.75 Å². The molecule has 4 rings (SSSR count). The van der Waals surface area contributed by atoms with Crippen LogP contribution in [0.2, 0.25) is 0 Å². The van der Waals surface area contributed by atoms with Gasteiger partial charge in [0.25, 0.3) is 5.91 Å². The normalized spacial score (nSPS) is 13.5. The molecule has 0 unspecified atom stereocenters. The second-order valence-electron chi connectivity index (χ2n) is 7.40. The molecule has 0 saturated heterocycles. The number of hydrogen-bond acceptors (Lipinski definition) is 5. The lowest BCUT2D eigenvalue weighted by Crippen LogP contribution is -2.35. The van der Waals surface area contributed by atoms with E-state index in [4.69, 9.17) is 14.5 Å². The standard InChI is InChI=1S/C24H24N2O4/c1-15(23(27)25-14-16-10-12-17(29-2)13-11-16)30-24(28)22-18-6-3-4-8-20(18)26-21-9-5-7-19(21)22/h3-4,6,8,10-13,15H,5,7,9,14H2,1-2H3,(H,25,27)/t15-/m1/s1. The molecule has 1 heterocycles. The molecule has 2 aromatic carbocycles. The number of ether oxygens (including phenoxy) is 2. The van der Waals surface area contributed by atoms with Gasteiger partial charge in [-0.2, -0.15) is 0 Å². The van der Waals surface area contributed by atoms with Crippen LogP contribution in [0.5, 0.6) is 5.75 Å². The zero-order valence-electron chi connectivity index (χ0n) is 17.1. The number of amides is 1. The minimum Gasteiger partial charge on any atom is -0.497 e. The number of esters is 1. The number of nitrogens with one attached hydrogen (secondary N) is 1. The number of methoxy groups -OCH3 is 1. The highest BCUT2D eigenvalue weighted by atomic mass is 16.5. The van der Waals surface area contributed by atoms with Crippen LogP contribution in [-0.4, -0.2) is 30.1 Å². The summed E-state index contributed by atoms with van der Waals surface area (Å²) in [6.45, 7) is 1.93. The van der Waals surface area contributed by atoms with E-state index in [0.29, 0.717) is 12.1 Å². The summed E-state index contributed by atoms with van der Waals surface area (Å²) in [5, 5.41) is 3.59. The minimum atomic E-state index is -0.903. The summed E-state index contributed by atoms with van der Waals surface area (Å²) in [5.74, 6) is -0.0579. The molecule has 1 aliphatic carbocycles. The lowest BCUT2D eigenvalue weighted by Gasteiger charge is -2.16. The third-order valence-corrected chi connectivity index (χ3v) is 5.40. The van der Waals surface area contributed by atoms with Crippen LogP contribution < -0.4 is 10.1 Å². The van der Waals surface area contributed by atoms with Gasteiger partial charge in [0.1, 0.15) is 5.75 Å². The fourth-order valence-electron chi connectivity index (χ4n) is 3.79.